The highest BCUT2D eigenvalue weighted by Crippen LogP contribution is 2.30. The molecule has 0 aliphatic carbocycles. The van der Waals surface area contributed by atoms with Crippen LogP contribution in [0.2, 0.25) is 0 Å². The van der Waals surface area contributed by atoms with Crippen molar-refractivity contribution in [3.05, 3.63) is 45.6 Å². The lowest BCUT2D eigenvalue weighted by Gasteiger charge is -2.21. The molecule has 2 heterocycles. The topological polar surface area (TPSA) is 55.8 Å². The van der Waals surface area contributed by atoms with Crippen molar-refractivity contribution in [1.29, 1.82) is 0 Å². The van der Waals surface area contributed by atoms with Gasteiger partial charge in [-0.15, -0.1) is 15.6 Å². The third-order valence-electron chi connectivity index (χ3n) is 4.21. The highest BCUT2D eigenvalue weighted by molar-refractivity contribution is 7.95. The van der Waals surface area contributed by atoms with E-state index in [9.17, 15) is 8.76 Å². The van der Waals surface area contributed by atoms with Crippen molar-refractivity contribution in [2.24, 2.45) is 0 Å². The lowest BCUT2D eigenvalue weighted by molar-refractivity contribution is 0.220. The Kier molecular flexibility index (Phi) is 5.08. The first kappa shape index (κ1) is 17.6. The summed E-state index contributed by atoms with van der Waals surface area (Å²) in [4.78, 5) is 3.98. The maximum Gasteiger partial charge on any atom is 0.179 e. The minimum Gasteiger partial charge on any atom is -0.593 e. The van der Waals surface area contributed by atoms with Crippen LogP contribution in [-0.4, -0.2) is 41.0 Å². The monoisotopic (exact) mass is 366 g/mol. The molecule has 0 spiro atoms. The standard InChI is InChI=1S/C17H22N2O3S2/c1-13-6-9-23-17(13)12-19-7-8-22-16-10-15(5-4-14(16)11-19)24(20,21)18(2)3/h4-6,9-10H,7-8,11-12H2,1-3H3. The molecule has 0 saturated carbocycles. The van der Waals surface area contributed by atoms with Gasteiger partial charge in [0.15, 0.2) is 15.3 Å². The average molecular weight is 367 g/mol. The summed E-state index contributed by atoms with van der Waals surface area (Å²) in [6.45, 7) is 5.16. The summed E-state index contributed by atoms with van der Waals surface area (Å²) in [7, 11) is -0.372. The number of hydrogen-bond acceptors (Lipinski definition) is 5. The summed E-state index contributed by atoms with van der Waals surface area (Å²) in [5.74, 6) is 0.670. The summed E-state index contributed by atoms with van der Waals surface area (Å²) in [6.07, 6.45) is 0. The molecule has 0 amide bonds. The summed E-state index contributed by atoms with van der Waals surface area (Å²) in [6, 6.07) is 7.31. The smallest absolute Gasteiger partial charge is 0.179 e. The first-order valence-corrected chi connectivity index (χ1v) is 10.1. The van der Waals surface area contributed by atoms with Crippen molar-refractivity contribution in [3.63, 3.8) is 0 Å². The molecule has 7 heteroatoms. The molecule has 1 aromatic carbocycles. The van der Waals surface area contributed by atoms with Gasteiger partial charge >= 0.3 is 0 Å². The van der Waals surface area contributed by atoms with E-state index in [0.29, 0.717) is 12.4 Å². The largest absolute Gasteiger partial charge is 0.593 e. The van der Waals surface area contributed by atoms with Crippen molar-refractivity contribution in [3.8, 4) is 5.75 Å². The molecule has 2 aromatic rings. The molecular formula is C17H22N2O3S2. The van der Waals surface area contributed by atoms with Gasteiger partial charge in [0.2, 0.25) is 0 Å². The van der Waals surface area contributed by atoms with Crippen molar-refractivity contribution >= 4 is 21.7 Å². The van der Waals surface area contributed by atoms with E-state index in [-0.39, 0.29) is 4.90 Å². The van der Waals surface area contributed by atoms with Gasteiger partial charge in [-0.25, -0.2) is 0 Å². The highest BCUT2D eigenvalue weighted by Gasteiger charge is 2.26. The Balaban J connectivity index is 1.82. The van der Waals surface area contributed by atoms with Crippen molar-refractivity contribution < 1.29 is 13.5 Å². The number of rotatable bonds is 4. The van der Waals surface area contributed by atoms with Crippen LogP contribution in [0.5, 0.6) is 5.75 Å². The highest BCUT2D eigenvalue weighted by atomic mass is 32.3. The van der Waals surface area contributed by atoms with Crippen LogP contribution in [0.1, 0.15) is 16.0 Å². The fourth-order valence-corrected chi connectivity index (χ4v) is 4.55. The zero-order chi connectivity index (χ0) is 17.3. The SMILES string of the molecule is Cc1ccsc1CN1CCOc2cc([S+](=O)([O-])N(C)C)ccc2C1. The summed E-state index contributed by atoms with van der Waals surface area (Å²) in [5.41, 5.74) is 2.34. The third-order valence-corrected chi connectivity index (χ3v) is 7.03. The van der Waals surface area contributed by atoms with E-state index < -0.39 is 10.4 Å². The average Bonchev–Trinajstić information content (AvgIpc) is 2.82. The van der Waals surface area contributed by atoms with Gasteiger partial charge in [-0.1, -0.05) is 4.21 Å². The Hall–Kier alpha value is -1.25. The van der Waals surface area contributed by atoms with E-state index in [0.717, 1.165) is 25.2 Å². The Labute approximate surface area is 148 Å². The van der Waals surface area contributed by atoms with Crippen molar-refractivity contribution in [1.82, 2.24) is 9.21 Å². The molecule has 130 valence electrons. The first-order valence-electron chi connectivity index (χ1n) is 7.81. The van der Waals surface area contributed by atoms with E-state index in [1.165, 1.54) is 28.8 Å². The van der Waals surface area contributed by atoms with Crippen LogP contribution in [0.25, 0.3) is 0 Å². The molecular weight excluding hydrogens is 344 g/mol. The molecule has 0 radical (unpaired) electrons. The molecule has 0 bridgehead atoms. The van der Waals surface area contributed by atoms with Crippen LogP contribution < -0.4 is 4.74 Å². The molecule has 1 aromatic heterocycles. The number of ether oxygens (including phenoxy) is 1. The molecule has 24 heavy (non-hydrogen) atoms. The third kappa shape index (κ3) is 3.55. The van der Waals surface area contributed by atoms with Crippen LogP contribution in [-0.2, 0) is 27.7 Å². The quantitative estimate of drug-likeness (QED) is 0.781. The minimum absolute atomic E-state index is 0.272. The maximum atomic E-state index is 12.3. The second-order valence-corrected chi connectivity index (χ2v) is 9.30. The van der Waals surface area contributed by atoms with Gasteiger partial charge in [-0.3, -0.25) is 4.90 Å². The zero-order valence-electron chi connectivity index (χ0n) is 14.2. The normalized spacial score (nSPS) is 17.9. The van der Waals surface area contributed by atoms with Crippen LogP contribution in [0.4, 0.5) is 0 Å². The predicted octanol–water partition coefficient (Wildman–Crippen LogP) is 2.92. The molecule has 0 fully saturated rings. The predicted molar refractivity (Wildman–Crippen MR) is 95.9 cm³/mol. The fourth-order valence-electron chi connectivity index (χ4n) is 2.68. The van der Waals surface area contributed by atoms with Gasteiger partial charge in [-0.05, 0) is 36.1 Å². The molecule has 1 aliphatic rings. The van der Waals surface area contributed by atoms with Gasteiger partial charge in [0.1, 0.15) is 12.4 Å². The van der Waals surface area contributed by atoms with E-state index in [4.69, 9.17) is 4.74 Å². The number of aryl methyl sites for hydroxylation is 1. The van der Waals surface area contributed by atoms with Gasteiger partial charge in [0.25, 0.3) is 0 Å². The number of benzene rings is 1. The number of thiophene rings is 1. The molecule has 0 N–H and O–H groups in total. The number of sulfonamides is 1. The fraction of sp³-hybridized carbons (Fsp3) is 0.412. The molecule has 3 rings (SSSR count). The number of hydrogen-bond donors (Lipinski definition) is 0. The Morgan fingerprint density at radius 2 is 2.17 bits per heavy atom. The van der Waals surface area contributed by atoms with E-state index in [1.54, 1.807) is 23.5 Å². The molecule has 1 aliphatic heterocycles. The van der Waals surface area contributed by atoms with Crippen LogP contribution in [0.15, 0.2) is 34.5 Å². The van der Waals surface area contributed by atoms with Crippen LogP contribution in [0.3, 0.4) is 0 Å². The zero-order valence-corrected chi connectivity index (χ0v) is 15.8. The molecule has 1 atom stereocenters. The molecule has 0 saturated heterocycles. The van der Waals surface area contributed by atoms with Crippen LogP contribution >= 0.6 is 11.3 Å². The Bertz CT molecular complexity index is 773. The van der Waals surface area contributed by atoms with E-state index in [2.05, 4.69) is 23.3 Å². The Morgan fingerprint density at radius 1 is 1.38 bits per heavy atom. The second kappa shape index (κ2) is 6.93. The summed E-state index contributed by atoms with van der Waals surface area (Å²) < 4.78 is 31.6. The second-order valence-electron chi connectivity index (χ2n) is 6.14. The molecule has 5 nitrogen and oxygen atoms in total. The number of nitrogens with zero attached hydrogens (tertiary/aromatic N) is 2. The van der Waals surface area contributed by atoms with Gasteiger partial charge in [0.05, 0.1) is 0 Å². The van der Waals surface area contributed by atoms with Gasteiger partial charge in [-0.2, -0.15) is 0 Å². The minimum atomic E-state index is -3.44. The van der Waals surface area contributed by atoms with E-state index in [1.807, 2.05) is 6.07 Å². The van der Waals surface area contributed by atoms with Gasteiger partial charge in [0, 0.05) is 50.2 Å². The van der Waals surface area contributed by atoms with E-state index >= 15 is 0 Å². The summed E-state index contributed by atoms with van der Waals surface area (Å²) >= 11 is 1.77. The van der Waals surface area contributed by atoms with Crippen LogP contribution in [0, 0.1) is 6.92 Å². The molecule has 1 unspecified atom stereocenters. The maximum absolute atomic E-state index is 12.3. The summed E-state index contributed by atoms with van der Waals surface area (Å²) in [5, 5.41) is 2.12. The van der Waals surface area contributed by atoms with Crippen molar-refractivity contribution in [2.75, 3.05) is 27.2 Å². The number of fused-ring (bicyclic) bond motifs is 1. The first-order chi connectivity index (χ1) is 11.4. The van der Waals surface area contributed by atoms with Gasteiger partial charge < -0.3 is 9.29 Å². The Morgan fingerprint density at radius 3 is 2.83 bits per heavy atom. The van der Waals surface area contributed by atoms with Crippen molar-refractivity contribution in [2.45, 2.75) is 24.9 Å². The lowest BCUT2D eigenvalue weighted by atomic mass is 10.2. The lowest BCUT2D eigenvalue weighted by Crippen LogP contribution is -2.29.